The van der Waals surface area contributed by atoms with Crippen molar-refractivity contribution in [3.05, 3.63) is 36.3 Å². The molecule has 2 aromatic heterocycles. The van der Waals surface area contributed by atoms with Crippen LogP contribution in [0.4, 0.5) is 5.82 Å². The van der Waals surface area contributed by atoms with Crippen LogP contribution in [-0.2, 0) is 16.0 Å². The molecule has 0 spiro atoms. The van der Waals surface area contributed by atoms with Crippen molar-refractivity contribution in [2.45, 2.75) is 32.2 Å². The number of hydrogen-bond acceptors (Lipinski definition) is 6. The van der Waals surface area contributed by atoms with E-state index in [1.807, 2.05) is 13.8 Å². The van der Waals surface area contributed by atoms with Gasteiger partial charge in [0.2, 0.25) is 0 Å². The fraction of sp³-hybridized carbons (Fsp3) is 0.357. The molecule has 124 valence electrons. The van der Waals surface area contributed by atoms with Gasteiger partial charge < -0.3 is 20.5 Å². The van der Waals surface area contributed by atoms with Crippen LogP contribution in [-0.4, -0.2) is 48.6 Å². The predicted octanol–water partition coefficient (Wildman–Crippen LogP) is 1.13. The Kier molecular flexibility index (Phi) is 7.18. The molecule has 4 N–H and O–H groups in total. The first-order valence-corrected chi connectivity index (χ1v) is 6.84. The molecule has 0 saturated heterocycles. The molecular weight excluding hydrogens is 302 g/mol. The third-order valence-corrected chi connectivity index (χ3v) is 2.88. The first-order chi connectivity index (χ1) is 11.0. The van der Waals surface area contributed by atoms with Crippen molar-refractivity contribution in [1.82, 2.24) is 19.9 Å². The summed E-state index contributed by atoms with van der Waals surface area (Å²) in [5, 5.41) is 19.1. The Hall–Kier alpha value is -2.97. The van der Waals surface area contributed by atoms with Gasteiger partial charge in [-0.05, 0) is 5.92 Å². The number of anilines is 1. The summed E-state index contributed by atoms with van der Waals surface area (Å²) in [4.78, 5) is 34.7. The lowest BCUT2D eigenvalue weighted by molar-refractivity contribution is -0.138. The zero-order valence-corrected chi connectivity index (χ0v) is 12.8. The molecule has 0 aliphatic heterocycles. The molecule has 9 heteroatoms. The van der Waals surface area contributed by atoms with E-state index >= 15 is 0 Å². The summed E-state index contributed by atoms with van der Waals surface area (Å²) in [6.07, 6.45) is 4.87. The average Bonchev–Trinajstić information content (AvgIpc) is 3.00. The molecule has 2 aromatic rings. The number of H-pyrrole nitrogens is 1. The van der Waals surface area contributed by atoms with Crippen LogP contribution in [0, 0.1) is 0 Å². The van der Waals surface area contributed by atoms with Gasteiger partial charge in [0.05, 0.1) is 6.33 Å². The molecule has 0 unspecified atom stereocenters. The number of rotatable bonds is 6. The maximum atomic E-state index is 11.3. The molecule has 1 atom stereocenters. The van der Waals surface area contributed by atoms with Crippen LogP contribution in [0.1, 0.15) is 31.2 Å². The maximum absolute atomic E-state index is 11.3. The van der Waals surface area contributed by atoms with Crippen LogP contribution < -0.4 is 5.32 Å². The van der Waals surface area contributed by atoms with Crippen LogP contribution in [0.5, 0.6) is 0 Å². The number of nitrogens with zero attached hydrogens (tertiary/aromatic N) is 3. The van der Waals surface area contributed by atoms with Gasteiger partial charge in [-0.2, -0.15) is 0 Å². The summed E-state index contributed by atoms with van der Waals surface area (Å²) in [6, 6.07) is 0.999. The number of aliphatic carboxylic acids is 1. The molecule has 0 aliphatic carbocycles. The first-order valence-electron chi connectivity index (χ1n) is 6.84. The summed E-state index contributed by atoms with van der Waals surface area (Å²) in [6.45, 7) is 3.79. The van der Waals surface area contributed by atoms with E-state index in [0.29, 0.717) is 12.2 Å². The van der Waals surface area contributed by atoms with Gasteiger partial charge in [0.1, 0.15) is 18.2 Å². The number of carboxylic acids is 1. The van der Waals surface area contributed by atoms with E-state index in [1.165, 1.54) is 12.7 Å². The van der Waals surface area contributed by atoms with E-state index in [0.717, 1.165) is 11.4 Å². The molecule has 0 saturated carbocycles. The highest BCUT2D eigenvalue weighted by molar-refractivity contribution is 5.77. The second kappa shape index (κ2) is 9.13. The van der Waals surface area contributed by atoms with Gasteiger partial charge >= 0.3 is 5.97 Å². The van der Waals surface area contributed by atoms with E-state index in [-0.39, 0.29) is 12.4 Å². The van der Waals surface area contributed by atoms with E-state index in [4.69, 9.17) is 9.90 Å². The second-order valence-electron chi connectivity index (χ2n) is 4.90. The van der Waals surface area contributed by atoms with Gasteiger partial charge in [0, 0.05) is 30.1 Å². The SMILES string of the molecule is CC(C)c1cc(N[C@@H](Cc2cnc[nH]2)C(=O)O)ncn1.O=CO. The quantitative estimate of drug-likeness (QED) is 0.580. The molecule has 0 bridgehead atoms. The van der Waals surface area contributed by atoms with Gasteiger partial charge in [-0.1, -0.05) is 13.8 Å². The van der Waals surface area contributed by atoms with E-state index < -0.39 is 12.0 Å². The summed E-state index contributed by atoms with van der Waals surface area (Å²) in [5.41, 5.74) is 1.62. The minimum absolute atomic E-state index is 0.250. The largest absolute Gasteiger partial charge is 0.483 e. The number of carbonyl (C=O) groups is 2. The molecule has 0 aromatic carbocycles. The van der Waals surface area contributed by atoms with E-state index in [2.05, 4.69) is 25.3 Å². The number of aromatic amines is 1. The molecule has 2 rings (SSSR count). The summed E-state index contributed by atoms with van der Waals surface area (Å²) in [5.74, 6) is -0.172. The predicted molar refractivity (Wildman–Crippen MR) is 82.2 cm³/mol. The van der Waals surface area contributed by atoms with Crippen molar-refractivity contribution in [1.29, 1.82) is 0 Å². The van der Waals surface area contributed by atoms with Crippen molar-refractivity contribution in [2.75, 3.05) is 5.32 Å². The fourth-order valence-corrected chi connectivity index (χ4v) is 1.76. The Labute approximate surface area is 132 Å². The lowest BCUT2D eigenvalue weighted by atomic mass is 10.1. The lowest BCUT2D eigenvalue weighted by Gasteiger charge is -2.15. The van der Waals surface area contributed by atoms with Crippen molar-refractivity contribution in [3.63, 3.8) is 0 Å². The van der Waals surface area contributed by atoms with Gasteiger partial charge in [0.25, 0.3) is 6.47 Å². The Bertz CT molecular complexity index is 615. The van der Waals surface area contributed by atoms with Crippen LogP contribution in [0.25, 0.3) is 0 Å². The van der Waals surface area contributed by atoms with Crippen molar-refractivity contribution < 1.29 is 19.8 Å². The van der Waals surface area contributed by atoms with Crippen molar-refractivity contribution in [3.8, 4) is 0 Å². The Morgan fingerprint density at radius 1 is 1.43 bits per heavy atom. The van der Waals surface area contributed by atoms with Crippen LogP contribution in [0.3, 0.4) is 0 Å². The zero-order valence-electron chi connectivity index (χ0n) is 12.8. The summed E-state index contributed by atoms with van der Waals surface area (Å²) < 4.78 is 0. The molecular formula is C14H19N5O4. The van der Waals surface area contributed by atoms with Crippen molar-refractivity contribution in [2.24, 2.45) is 0 Å². The van der Waals surface area contributed by atoms with Gasteiger partial charge in [-0.3, -0.25) is 4.79 Å². The highest BCUT2D eigenvalue weighted by Crippen LogP contribution is 2.15. The third-order valence-electron chi connectivity index (χ3n) is 2.88. The topological polar surface area (TPSA) is 141 Å². The number of nitrogens with one attached hydrogen (secondary N) is 2. The monoisotopic (exact) mass is 321 g/mol. The molecule has 0 radical (unpaired) electrons. The van der Waals surface area contributed by atoms with E-state index in [9.17, 15) is 9.90 Å². The lowest BCUT2D eigenvalue weighted by Crippen LogP contribution is -2.32. The Balaban J connectivity index is 0.000000816. The van der Waals surface area contributed by atoms with Gasteiger partial charge in [-0.15, -0.1) is 0 Å². The van der Waals surface area contributed by atoms with Crippen LogP contribution in [0.2, 0.25) is 0 Å². The highest BCUT2D eigenvalue weighted by Gasteiger charge is 2.19. The van der Waals surface area contributed by atoms with Crippen LogP contribution >= 0.6 is 0 Å². The van der Waals surface area contributed by atoms with Crippen molar-refractivity contribution >= 4 is 18.3 Å². The highest BCUT2D eigenvalue weighted by atomic mass is 16.4. The molecule has 0 fully saturated rings. The van der Waals surface area contributed by atoms with E-state index in [1.54, 1.807) is 12.3 Å². The molecule has 0 aliphatic rings. The summed E-state index contributed by atoms with van der Waals surface area (Å²) >= 11 is 0. The third kappa shape index (κ3) is 6.12. The van der Waals surface area contributed by atoms with Gasteiger partial charge in [-0.25, -0.2) is 19.7 Å². The minimum atomic E-state index is -0.940. The normalized spacial score (nSPS) is 11.3. The van der Waals surface area contributed by atoms with Crippen LogP contribution in [0.15, 0.2) is 24.9 Å². The zero-order chi connectivity index (χ0) is 17.2. The minimum Gasteiger partial charge on any atom is -0.483 e. The maximum Gasteiger partial charge on any atom is 0.326 e. The molecule has 2 heterocycles. The fourth-order valence-electron chi connectivity index (χ4n) is 1.76. The number of carboxylic acid groups (broad SMARTS) is 2. The molecule has 9 nitrogen and oxygen atoms in total. The number of aromatic nitrogens is 4. The standard InChI is InChI=1S/C13H17N5O2.CH2O2/c1-8(2)10-4-12(17-7-16-10)18-11(13(19)20)3-9-5-14-6-15-9;2-1-3/h4-8,11H,3H2,1-2H3,(H,14,15)(H,19,20)(H,16,17,18);1H,(H,2,3)/t11-;/m0./s1. The smallest absolute Gasteiger partial charge is 0.326 e. The Morgan fingerprint density at radius 3 is 2.65 bits per heavy atom. The number of imidazole rings is 1. The average molecular weight is 321 g/mol. The second-order valence-corrected chi connectivity index (χ2v) is 4.90. The molecule has 0 amide bonds. The first kappa shape index (κ1) is 18.1. The summed E-state index contributed by atoms with van der Waals surface area (Å²) in [7, 11) is 0. The number of hydrogen-bond donors (Lipinski definition) is 4. The molecule has 23 heavy (non-hydrogen) atoms. The van der Waals surface area contributed by atoms with Gasteiger partial charge in [0.15, 0.2) is 0 Å². The Morgan fingerprint density at radius 2 is 2.13 bits per heavy atom.